The van der Waals surface area contributed by atoms with E-state index in [-0.39, 0.29) is 29.0 Å². The van der Waals surface area contributed by atoms with E-state index < -0.39 is 17.2 Å². The Labute approximate surface area is 130 Å². The Bertz CT molecular complexity index is 896. The van der Waals surface area contributed by atoms with E-state index in [2.05, 4.69) is 15.6 Å². The number of aryl methyl sites for hydroxylation is 1. The zero-order valence-corrected chi connectivity index (χ0v) is 13.0. The van der Waals surface area contributed by atoms with Gasteiger partial charge in [0, 0.05) is 40.3 Å². The van der Waals surface area contributed by atoms with Crippen LogP contribution in [0.25, 0.3) is 11.0 Å². The lowest BCUT2D eigenvalue weighted by Gasteiger charge is -2.09. The van der Waals surface area contributed by atoms with Crippen LogP contribution in [0.4, 0.5) is 0 Å². The fourth-order valence-corrected chi connectivity index (χ4v) is 2.11. The highest BCUT2D eigenvalue weighted by Gasteiger charge is 2.13. The molecule has 0 aliphatic heterocycles. The van der Waals surface area contributed by atoms with Crippen molar-refractivity contribution in [3.63, 3.8) is 0 Å². The number of hydrogen-bond acceptors (Lipinski definition) is 5. The van der Waals surface area contributed by atoms with Gasteiger partial charge in [0.15, 0.2) is 0 Å². The zero-order chi connectivity index (χ0) is 17.1. The molecule has 0 saturated heterocycles. The molecule has 2 amide bonds. The third kappa shape index (κ3) is 3.28. The third-order valence-corrected chi connectivity index (χ3v) is 3.34. The molecule has 23 heavy (non-hydrogen) atoms. The van der Waals surface area contributed by atoms with Crippen LogP contribution in [0.3, 0.4) is 0 Å². The van der Waals surface area contributed by atoms with Gasteiger partial charge in [-0.1, -0.05) is 0 Å². The molecule has 9 nitrogen and oxygen atoms in total. The van der Waals surface area contributed by atoms with Crippen LogP contribution < -0.4 is 21.9 Å². The molecule has 0 atom stereocenters. The molecule has 9 heteroatoms. The molecule has 0 fully saturated rings. The monoisotopic (exact) mass is 319 g/mol. The summed E-state index contributed by atoms with van der Waals surface area (Å²) in [7, 11) is 2.87. The molecule has 2 rings (SSSR count). The summed E-state index contributed by atoms with van der Waals surface area (Å²) in [5, 5.41) is 5.34. The second-order valence-electron chi connectivity index (χ2n) is 5.04. The first-order chi connectivity index (χ1) is 10.8. The van der Waals surface area contributed by atoms with Crippen molar-refractivity contribution >= 4 is 22.8 Å². The number of aromatic nitrogens is 3. The van der Waals surface area contributed by atoms with Crippen LogP contribution in [0.5, 0.6) is 0 Å². The molecule has 0 saturated carbocycles. The molecule has 2 heterocycles. The normalized spacial score (nSPS) is 10.6. The Hall–Kier alpha value is -2.97. The predicted octanol–water partition coefficient (Wildman–Crippen LogP) is -1.50. The lowest BCUT2D eigenvalue weighted by Crippen LogP contribution is -2.37. The molecular formula is C14H17N5O4. The van der Waals surface area contributed by atoms with Gasteiger partial charge in [0.1, 0.15) is 5.65 Å². The molecule has 0 bridgehead atoms. The van der Waals surface area contributed by atoms with Gasteiger partial charge < -0.3 is 10.6 Å². The molecule has 122 valence electrons. The van der Waals surface area contributed by atoms with E-state index in [1.54, 1.807) is 0 Å². The number of hydrogen-bond donors (Lipinski definition) is 2. The Morgan fingerprint density at radius 3 is 2.43 bits per heavy atom. The Balaban J connectivity index is 2.30. The van der Waals surface area contributed by atoms with E-state index >= 15 is 0 Å². The average Bonchev–Trinajstić information content (AvgIpc) is 2.54. The molecule has 0 radical (unpaired) electrons. The number of nitrogens with zero attached hydrogens (tertiary/aromatic N) is 3. The Morgan fingerprint density at radius 1 is 1.13 bits per heavy atom. The number of carbonyl (C=O) groups excluding carboxylic acids is 2. The second kappa shape index (κ2) is 6.42. The zero-order valence-electron chi connectivity index (χ0n) is 13.0. The fraction of sp³-hybridized carbons (Fsp3) is 0.357. The van der Waals surface area contributed by atoms with Gasteiger partial charge >= 0.3 is 5.69 Å². The summed E-state index contributed by atoms with van der Waals surface area (Å²) >= 11 is 0. The molecule has 2 N–H and O–H groups in total. The van der Waals surface area contributed by atoms with E-state index in [0.29, 0.717) is 6.54 Å². The highest BCUT2D eigenvalue weighted by atomic mass is 16.2. The summed E-state index contributed by atoms with van der Waals surface area (Å²) in [5.41, 5.74) is -0.574. The number of pyridine rings is 1. The molecule has 0 spiro atoms. The standard InChI is InChI=1S/C14H17N5O4/c1-8(20)15-4-5-16-12(21)9-6-10-11(17-7-9)18(2)14(23)19(3)13(10)22/h6-7H,4-5H2,1-3H3,(H,15,20)(H,16,21). The summed E-state index contributed by atoms with van der Waals surface area (Å²) in [4.78, 5) is 50.8. The molecule has 2 aromatic rings. The van der Waals surface area contributed by atoms with Crippen molar-refractivity contribution in [3.8, 4) is 0 Å². The first kappa shape index (κ1) is 16.4. The minimum atomic E-state index is -0.511. The van der Waals surface area contributed by atoms with Gasteiger partial charge in [0.2, 0.25) is 5.91 Å². The minimum Gasteiger partial charge on any atom is -0.355 e. The maximum absolute atomic E-state index is 12.1. The van der Waals surface area contributed by atoms with Crippen molar-refractivity contribution in [1.29, 1.82) is 0 Å². The van der Waals surface area contributed by atoms with Gasteiger partial charge in [-0.2, -0.15) is 0 Å². The number of rotatable bonds is 4. The van der Waals surface area contributed by atoms with Crippen molar-refractivity contribution in [1.82, 2.24) is 24.8 Å². The SMILES string of the molecule is CC(=O)NCCNC(=O)c1cnc2c(c1)c(=O)n(C)c(=O)n2C. The van der Waals surface area contributed by atoms with E-state index in [1.807, 2.05) is 0 Å². The number of carbonyl (C=O) groups is 2. The van der Waals surface area contributed by atoms with Crippen molar-refractivity contribution in [2.75, 3.05) is 13.1 Å². The number of amides is 2. The van der Waals surface area contributed by atoms with E-state index in [9.17, 15) is 19.2 Å². The van der Waals surface area contributed by atoms with Crippen LogP contribution in [0.15, 0.2) is 21.9 Å². The van der Waals surface area contributed by atoms with E-state index in [0.717, 1.165) is 4.57 Å². The van der Waals surface area contributed by atoms with Crippen LogP contribution in [-0.2, 0) is 18.9 Å². The van der Waals surface area contributed by atoms with Gasteiger partial charge in [-0.25, -0.2) is 9.78 Å². The van der Waals surface area contributed by atoms with Gasteiger partial charge in [-0.05, 0) is 6.07 Å². The molecule has 2 aromatic heterocycles. The molecule has 0 aliphatic carbocycles. The maximum Gasteiger partial charge on any atom is 0.332 e. The lowest BCUT2D eigenvalue weighted by atomic mass is 10.2. The molecule has 0 aromatic carbocycles. The van der Waals surface area contributed by atoms with Crippen LogP contribution >= 0.6 is 0 Å². The quantitative estimate of drug-likeness (QED) is 0.665. The number of fused-ring (bicyclic) bond motifs is 1. The Morgan fingerprint density at radius 2 is 1.78 bits per heavy atom. The summed E-state index contributed by atoms with van der Waals surface area (Å²) in [6.45, 7) is 1.94. The summed E-state index contributed by atoms with van der Waals surface area (Å²) in [6.07, 6.45) is 1.30. The van der Waals surface area contributed by atoms with Crippen molar-refractivity contribution in [2.45, 2.75) is 6.92 Å². The van der Waals surface area contributed by atoms with E-state index in [4.69, 9.17) is 0 Å². The maximum atomic E-state index is 12.1. The minimum absolute atomic E-state index is 0.184. The first-order valence-electron chi connectivity index (χ1n) is 6.91. The Kier molecular flexibility index (Phi) is 4.58. The van der Waals surface area contributed by atoms with Crippen LogP contribution in [-0.4, -0.2) is 39.0 Å². The predicted molar refractivity (Wildman–Crippen MR) is 83.2 cm³/mol. The van der Waals surface area contributed by atoms with Gasteiger partial charge in [0.05, 0.1) is 10.9 Å². The number of nitrogens with one attached hydrogen (secondary N) is 2. The largest absolute Gasteiger partial charge is 0.355 e. The van der Waals surface area contributed by atoms with Crippen molar-refractivity contribution in [2.24, 2.45) is 14.1 Å². The van der Waals surface area contributed by atoms with Gasteiger partial charge in [-0.3, -0.25) is 23.5 Å². The van der Waals surface area contributed by atoms with Crippen molar-refractivity contribution < 1.29 is 9.59 Å². The van der Waals surface area contributed by atoms with Crippen LogP contribution in [0, 0.1) is 0 Å². The second-order valence-corrected chi connectivity index (χ2v) is 5.04. The van der Waals surface area contributed by atoms with Gasteiger partial charge in [0.25, 0.3) is 11.5 Å². The molecule has 0 aliphatic rings. The highest BCUT2D eigenvalue weighted by Crippen LogP contribution is 2.07. The highest BCUT2D eigenvalue weighted by molar-refractivity contribution is 5.96. The smallest absolute Gasteiger partial charge is 0.332 e. The average molecular weight is 319 g/mol. The summed E-state index contributed by atoms with van der Waals surface area (Å²) in [5.74, 6) is -0.600. The molecular weight excluding hydrogens is 302 g/mol. The fourth-order valence-electron chi connectivity index (χ4n) is 2.11. The van der Waals surface area contributed by atoms with Gasteiger partial charge in [-0.15, -0.1) is 0 Å². The summed E-state index contributed by atoms with van der Waals surface area (Å²) in [6, 6.07) is 1.40. The summed E-state index contributed by atoms with van der Waals surface area (Å²) < 4.78 is 2.21. The third-order valence-electron chi connectivity index (χ3n) is 3.34. The van der Waals surface area contributed by atoms with E-state index in [1.165, 1.54) is 37.8 Å². The van der Waals surface area contributed by atoms with Crippen LogP contribution in [0.1, 0.15) is 17.3 Å². The molecule has 0 unspecified atom stereocenters. The first-order valence-corrected chi connectivity index (χ1v) is 6.91. The topological polar surface area (TPSA) is 115 Å². The lowest BCUT2D eigenvalue weighted by molar-refractivity contribution is -0.118. The van der Waals surface area contributed by atoms with Crippen molar-refractivity contribution in [3.05, 3.63) is 38.7 Å². The van der Waals surface area contributed by atoms with Crippen LogP contribution in [0.2, 0.25) is 0 Å².